The van der Waals surface area contributed by atoms with Crippen LogP contribution >= 0.6 is 0 Å². The van der Waals surface area contributed by atoms with Gasteiger partial charge in [-0.05, 0) is 17.7 Å². The highest BCUT2D eigenvalue weighted by molar-refractivity contribution is 5.90. The summed E-state index contributed by atoms with van der Waals surface area (Å²) in [4.78, 5) is 24.9. The maximum atomic E-state index is 12.0. The Balaban J connectivity index is 1.76. The lowest BCUT2D eigenvalue weighted by Gasteiger charge is -2.09. The van der Waals surface area contributed by atoms with Crippen molar-refractivity contribution in [2.75, 3.05) is 32.7 Å². The summed E-state index contributed by atoms with van der Waals surface area (Å²) in [7, 11) is 3.02. The Labute approximate surface area is 173 Å². The molecule has 8 heteroatoms. The predicted molar refractivity (Wildman–Crippen MR) is 113 cm³/mol. The number of imidazole rings is 1. The molecular weight excluding hydrogens is 382 g/mol. The van der Waals surface area contributed by atoms with Crippen molar-refractivity contribution < 1.29 is 14.3 Å². The number of benzene rings is 1. The molecule has 1 aromatic carbocycles. The van der Waals surface area contributed by atoms with Crippen molar-refractivity contribution in [3.05, 3.63) is 66.9 Å². The van der Waals surface area contributed by atoms with Crippen LogP contribution in [-0.4, -0.2) is 52.7 Å². The maximum Gasteiger partial charge on any atom is 0.339 e. The quantitative estimate of drug-likeness (QED) is 0.374. The van der Waals surface area contributed by atoms with Crippen LogP contribution in [0, 0.1) is 0 Å². The minimum absolute atomic E-state index is 0.399. The molecule has 0 radical (unpaired) electrons. The highest BCUT2D eigenvalue weighted by Gasteiger charge is 2.16. The fraction of sp³-hybridized carbons (Fsp3) is 0.182. The average molecular weight is 403 g/mol. The van der Waals surface area contributed by atoms with E-state index in [9.17, 15) is 4.79 Å². The molecular formula is C22H21N5O3. The van der Waals surface area contributed by atoms with Crippen molar-refractivity contribution >= 4 is 17.4 Å². The second-order valence-electron chi connectivity index (χ2n) is 6.57. The molecule has 1 N–H and O–H groups in total. The number of esters is 1. The zero-order valence-corrected chi connectivity index (χ0v) is 16.7. The van der Waals surface area contributed by atoms with E-state index in [4.69, 9.17) is 14.5 Å². The van der Waals surface area contributed by atoms with Gasteiger partial charge in [-0.3, -0.25) is 4.40 Å². The molecule has 8 nitrogen and oxygen atoms in total. The summed E-state index contributed by atoms with van der Waals surface area (Å²) in [6.07, 6.45) is 6.79. The van der Waals surface area contributed by atoms with Crippen LogP contribution in [0.25, 0.3) is 28.0 Å². The summed E-state index contributed by atoms with van der Waals surface area (Å²) in [5, 5.41) is 3.37. The number of nitrogens with zero attached hydrogens (tertiary/aromatic N) is 4. The standard InChI is InChI=1S/C22H21N5O3/c1-29-10-9-25-21-20(26-19-8-7-17(13-27(19)21)22(28)30-2)16-5-3-15(4-6-16)18-11-23-14-24-12-18/h3-8,11-14,25H,9-10H2,1-2H3. The van der Waals surface area contributed by atoms with E-state index in [1.165, 1.54) is 13.4 Å². The van der Waals surface area contributed by atoms with Crippen LogP contribution in [0.15, 0.2) is 61.3 Å². The summed E-state index contributed by atoms with van der Waals surface area (Å²) in [6.45, 7) is 1.13. The highest BCUT2D eigenvalue weighted by Crippen LogP contribution is 2.31. The number of pyridine rings is 1. The largest absolute Gasteiger partial charge is 0.465 e. The van der Waals surface area contributed by atoms with Gasteiger partial charge in [0.05, 0.1) is 19.3 Å². The molecule has 152 valence electrons. The van der Waals surface area contributed by atoms with E-state index in [-0.39, 0.29) is 0 Å². The third-order valence-corrected chi connectivity index (χ3v) is 4.69. The van der Waals surface area contributed by atoms with Gasteiger partial charge in [0.2, 0.25) is 0 Å². The van der Waals surface area contributed by atoms with E-state index in [1.54, 1.807) is 37.8 Å². The predicted octanol–water partition coefficient (Wildman–Crippen LogP) is 3.30. The van der Waals surface area contributed by atoms with E-state index in [2.05, 4.69) is 15.3 Å². The Morgan fingerprint density at radius 1 is 1.00 bits per heavy atom. The molecule has 0 saturated heterocycles. The number of hydrogen-bond acceptors (Lipinski definition) is 7. The molecule has 0 bridgehead atoms. The summed E-state index contributed by atoms with van der Waals surface area (Å²) >= 11 is 0. The van der Waals surface area contributed by atoms with Crippen LogP contribution in [0.4, 0.5) is 5.82 Å². The molecule has 0 amide bonds. The molecule has 0 saturated carbocycles. The monoisotopic (exact) mass is 403 g/mol. The summed E-state index contributed by atoms with van der Waals surface area (Å²) in [5.74, 6) is 0.382. The third-order valence-electron chi connectivity index (χ3n) is 4.69. The number of carbonyl (C=O) groups excluding carboxylic acids is 1. The number of anilines is 1. The summed E-state index contributed by atoms with van der Waals surface area (Å²) in [5.41, 5.74) is 4.86. The fourth-order valence-corrected chi connectivity index (χ4v) is 3.19. The van der Waals surface area contributed by atoms with Gasteiger partial charge in [0.25, 0.3) is 0 Å². The van der Waals surface area contributed by atoms with E-state index in [0.29, 0.717) is 18.7 Å². The molecule has 0 aliphatic rings. The Hall–Kier alpha value is -3.78. The highest BCUT2D eigenvalue weighted by atomic mass is 16.5. The Morgan fingerprint density at radius 2 is 1.73 bits per heavy atom. The number of ether oxygens (including phenoxy) is 2. The van der Waals surface area contributed by atoms with Crippen molar-refractivity contribution in [3.8, 4) is 22.4 Å². The lowest BCUT2D eigenvalue weighted by Crippen LogP contribution is -2.10. The smallest absolute Gasteiger partial charge is 0.339 e. The van der Waals surface area contributed by atoms with Crippen LogP contribution in [0.2, 0.25) is 0 Å². The second-order valence-corrected chi connectivity index (χ2v) is 6.57. The normalized spacial score (nSPS) is 10.9. The van der Waals surface area contributed by atoms with E-state index < -0.39 is 5.97 Å². The first-order valence-corrected chi connectivity index (χ1v) is 9.40. The van der Waals surface area contributed by atoms with Gasteiger partial charge in [-0.1, -0.05) is 24.3 Å². The number of nitrogens with one attached hydrogen (secondary N) is 1. The first-order valence-electron chi connectivity index (χ1n) is 9.40. The molecule has 0 aliphatic heterocycles. The summed E-state index contributed by atoms with van der Waals surface area (Å²) < 4.78 is 11.9. The van der Waals surface area contributed by atoms with Crippen molar-refractivity contribution in [1.29, 1.82) is 0 Å². The Morgan fingerprint density at radius 3 is 2.43 bits per heavy atom. The lowest BCUT2D eigenvalue weighted by molar-refractivity contribution is 0.0600. The number of hydrogen-bond donors (Lipinski definition) is 1. The van der Waals surface area contributed by atoms with Gasteiger partial charge in [0, 0.05) is 43.4 Å². The van der Waals surface area contributed by atoms with Crippen molar-refractivity contribution in [2.45, 2.75) is 0 Å². The van der Waals surface area contributed by atoms with E-state index in [1.807, 2.05) is 28.7 Å². The lowest BCUT2D eigenvalue weighted by atomic mass is 10.1. The molecule has 3 aromatic heterocycles. The van der Waals surface area contributed by atoms with Crippen LogP contribution in [0.5, 0.6) is 0 Å². The molecule has 30 heavy (non-hydrogen) atoms. The Bertz CT molecular complexity index is 1160. The Kier molecular flexibility index (Phi) is 5.67. The van der Waals surface area contributed by atoms with Gasteiger partial charge in [-0.15, -0.1) is 0 Å². The number of fused-ring (bicyclic) bond motifs is 1. The number of carbonyl (C=O) groups is 1. The van der Waals surface area contributed by atoms with Gasteiger partial charge in [0.15, 0.2) is 0 Å². The molecule has 0 spiro atoms. The van der Waals surface area contributed by atoms with Gasteiger partial charge < -0.3 is 14.8 Å². The van der Waals surface area contributed by atoms with Gasteiger partial charge in [-0.25, -0.2) is 19.7 Å². The van der Waals surface area contributed by atoms with Gasteiger partial charge >= 0.3 is 5.97 Å². The molecule has 0 atom stereocenters. The number of aromatic nitrogens is 4. The van der Waals surface area contributed by atoms with Crippen molar-refractivity contribution in [1.82, 2.24) is 19.4 Å². The van der Waals surface area contributed by atoms with Crippen LogP contribution in [-0.2, 0) is 9.47 Å². The minimum atomic E-state index is -0.399. The molecule has 4 aromatic rings. The van der Waals surface area contributed by atoms with Gasteiger partial charge in [0.1, 0.15) is 23.5 Å². The van der Waals surface area contributed by atoms with Gasteiger partial charge in [-0.2, -0.15) is 0 Å². The molecule has 3 heterocycles. The van der Waals surface area contributed by atoms with Crippen molar-refractivity contribution in [3.63, 3.8) is 0 Å². The average Bonchev–Trinajstić information content (AvgIpc) is 3.17. The molecule has 0 unspecified atom stereocenters. The minimum Gasteiger partial charge on any atom is -0.465 e. The van der Waals surface area contributed by atoms with Crippen molar-refractivity contribution in [2.24, 2.45) is 0 Å². The SMILES string of the molecule is COCCNc1c(-c2ccc(-c3cncnc3)cc2)nc2ccc(C(=O)OC)cn12. The first kappa shape index (κ1) is 19.5. The van der Waals surface area contributed by atoms with Crippen LogP contribution in [0.1, 0.15) is 10.4 Å². The third kappa shape index (κ3) is 3.85. The van der Waals surface area contributed by atoms with E-state index in [0.717, 1.165) is 33.8 Å². The van der Waals surface area contributed by atoms with Crippen LogP contribution in [0.3, 0.4) is 0 Å². The zero-order valence-electron chi connectivity index (χ0n) is 16.7. The molecule has 0 fully saturated rings. The molecule has 4 rings (SSSR count). The summed E-state index contributed by atoms with van der Waals surface area (Å²) in [6, 6.07) is 11.5. The van der Waals surface area contributed by atoms with Crippen LogP contribution < -0.4 is 5.32 Å². The first-order chi connectivity index (χ1) is 14.7. The zero-order chi connectivity index (χ0) is 20.9. The number of rotatable bonds is 7. The van der Waals surface area contributed by atoms with E-state index >= 15 is 0 Å². The second kappa shape index (κ2) is 8.71. The topological polar surface area (TPSA) is 90.6 Å². The number of methoxy groups -OCH3 is 2. The maximum absolute atomic E-state index is 12.0. The molecule has 0 aliphatic carbocycles. The fourth-order valence-electron chi connectivity index (χ4n) is 3.19.